The number of benzene rings is 2. The van der Waals surface area contributed by atoms with Crippen LogP contribution in [0.15, 0.2) is 42.5 Å². The maximum atomic E-state index is 13.6. The number of amides is 1. The summed E-state index contributed by atoms with van der Waals surface area (Å²) in [4.78, 5) is 26.5. The zero-order valence-electron chi connectivity index (χ0n) is 15.6. The smallest absolute Gasteiger partial charge is 0.344 e. The molecule has 0 saturated carbocycles. The van der Waals surface area contributed by atoms with Crippen molar-refractivity contribution in [1.82, 2.24) is 0 Å². The van der Waals surface area contributed by atoms with Crippen LogP contribution < -0.4 is 10.2 Å². The van der Waals surface area contributed by atoms with Crippen LogP contribution in [0.4, 0.5) is 20.2 Å². The molecule has 1 amide bonds. The number of halogens is 2. The van der Waals surface area contributed by atoms with Gasteiger partial charge >= 0.3 is 5.97 Å². The summed E-state index contributed by atoms with van der Waals surface area (Å²) in [5.74, 6) is -3.88. The lowest BCUT2D eigenvalue weighted by molar-refractivity contribution is -0.123. The Labute approximate surface area is 162 Å². The molecule has 1 saturated heterocycles. The molecule has 0 radical (unpaired) electrons. The van der Waals surface area contributed by atoms with Crippen molar-refractivity contribution in [2.45, 2.75) is 32.3 Å². The number of carbonyl (C=O) groups excluding carboxylic acids is 2. The molecule has 1 heterocycles. The number of hydrogen-bond acceptors (Lipinski definition) is 4. The number of anilines is 2. The first-order valence-corrected chi connectivity index (χ1v) is 9.26. The van der Waals surface area contributed by atoms with Gasteiger partial charge in [-0.3, -0.25) is 4.79 Å². The highest BCUT2D eigenvalue weighted by molar-refractivity contribution is 5.97. The van der Waals surface area contributed by atoms with Gasteiger partial charge in [0.15, 0.2) is 6.10 Å². The van der Waals surface area contributed by atoms with Crippen LogP contribution in [0.1, 0.15) is 36.5 Å². The Morgan fingerprint density at radius 3 is 2.21 bits per heavy atom. The molecule has 5 nitrogen and oxygen atoms in total. The molecule has 3 rings (SSSR count). The standard InChI is InChI=1S/C21H22F2N2O3/c1-14(28-21(27)19-17(22)6-5-7-18(19)23)20(26)24-15-8-10-16(11-9-15)25-12-3-2-4-13-25/h5-11,14H,2-4,12-13H2,1H3,(H,24,26)/t14-/m1/s1. The predicted octanol–water partition coefficient (Wildman–Crippen LogP) is 4.14. The average Bonchev–Trinajstić information content (AvgIpc) is 2.69. The summed E-state index contributed by atoms with van der Waals surface area (Å²) in [5, 5.41) is 2.64. The Bertz CT molecular complexity index is 829. The molecule has 0 aromatic heterocycles. The molecule has 1 aliphatic heterocycles. The maximum absolute atomic E-state index is 13.6. The Balaban J connectivity index is 1.58. The average molecular weight is 388 g/mol. The molecule has 0 unspecified atom stereocenters. The van der Waals surface area contributed by atoms with E-state index in [-0.39, 0.29) is 0 Å². The molecule has 0 aliphatic carbocycles. The fourth-order valence-electron chi connectivity index (χ4n) is 3.12. The molecular weight excluding hydrogens is 366 g/mol. The van der Waals surface area contributed by atoms with Crippen LogP contribution in [0, 0.1) is 11.6 Å². The zero-order chi connectivity index (χ0) is 20.1. The molecule has 0 spiro atoms. The van der Waals surface area contributed by atoms with Crippen LogP contribution in [0.3, 0.4) is 0 Å². The van der Waals surface area contributed by atoms with Gasteiger partial charge in [0.25, 0.3) is 5.91 Å². The van der Waals surface area contributed by atoms with E-state index in [0.29, 0.717) is 5.69 Å². The first-order chi connectivity index (χ1) is 13.5. The van der Waals surface area contributed by atoms with Crippen LogP contribution in [-0.2, 0) is 9.53 Å². The normalized spacial score (nSPS) is 15.0. The summed E-state index contributed by atoms with van der Waals surface area (Å²) in [6, 6.07) is 10.4. The van der Waals surface area contributed by atoms with Crippen molar-refractivity contribution in [3.63, 3.8) is 0 Å². The number of rotatable bonds is 5. The van der Waals surface area contributed by atoms with Gasteiger partial charge in [0.05, 0.1) is 0 Å². The molecule has 1 aliphatic rings. The Hall–Kier alpha value is -2.96. The highest BCUT2D eigenvalue weighted by atomic mass is 19.1. The zero-order valence-corrected chi connectivity index (χ0v) is 15.6. The van der Waals surface area contributed by atoms with Crippen molar-refractivity contribution in [1.29, 1.82) is 0 Å². The fourth-order valence-corrected chi connectivity index (χ4v) is 3.12. The van der Waals surface area contributed by atoms with Gasteiger partial charge < -0.3 is 15.0 Å². The largest absolute Gasteiger partial charge is 0.449 e. The summed E-state index contributed by atoms with van der Waals surface area (Å²) in [6.45, 7) is 3.38. The van der Waals surface area contributed by atoms with Crippen molar-refractivity contribution >= 4 is 23.3 Å². The van der Waals surface area contributed by atoms with Gasteiger partial charge in [0.2, 0.25) is 0 Å². The third kappa shape index (κ3) is 4.65. The minimum Gasteiger partial charge on any atom is -0.449 e. The molecule has 1 atom stereocenters. The molecule has 1 N–H and O–H groups in total. The van der Waals surface area contributed by atoms with E-state index in [1.165, 1.54) is 26.2 Å². The van der Waals surface area contributed by atoms with E-state index < -0.39 is 35.2 Å². The van der Waals surface area contributed by atoms with E-state index in [4.69, 9.17) is 4.74 Å². The number of nitrogens with one attached hydrogen (secondary N) is 1. The SMILES string of the molecule is C[C@@H](OC(=O)c1c(F)cccc1F)C(=O)Nc1ccc(N2CCCCC2)cc1. The summed E-state index contributed by atoms with van der Waals surface area (Å²) in [6.07, 6.45) is 2.37. The third-order valence-corrected chi connectivity index (χ3v) is 4.68. The highest BCUT2D eigenvalue weighted by Crippen LogP contribution is 2.22. The van der Waals surface area contributed by atoms with Crippen molar-refractivity contribution in [3.8, 4) is 0 Å². The van der Waals surface area contributed by atoms with E-state index in [1.807, 2.05) is 12.1 Å². The van der Waals surface area contributed by atoms with Crippen molar-refractivity contribution in [3.05, 3.63) is 59.7 Å². The summed E-state index contributed by atoms with van der Waals surface area (Å²) in [5.41, 5.74) is 0.825. The molecule has 2 aromatic rings. The lowest BCUT2D eigenvalue weighted by atomic mass is 10.1. The number of esters is 1. The number of carbonyl (C=O) groups is 2. The third-order valence-electron chi connectivity index (χ3n) is 4.68. The van der Waals surface area contributed by atoms with Gasteiger partial charge in [-0.2, -0.15) is 0 Å². The van der Waals surface area contributed by atoms with E-state index in [2.05, 4.69) is 10.2 Å². The minimum absolute atomic E-state index is 0.547. The van der Waals surface area contributed by atoms with Crippen molar-refractivity contribution in [2.24, 2.45) is 0 Å². The van der Waals surface area contributed by atoms with E-state index in [9.17, 15) is 18.4 Å². The van der Waals surface area contributed by atoms with Gasteiger partial charge in [-0.15, -0.1) is 0 Å². The Morgan fingerprint density at radius 1 is 1.00 bits per heavy atom. The number of hydrogen-bond donors (Lipinski definition) is 1. The second kappa shape index (κ2) is 8.82. The first kappa shape index (κ1) is 19.8. The molecule has 0 bridgehead atoms. The van der Waals surface area contributed by atoms with Crippen LogP contribution in [0.2, 0.25) is 0 Å². The second-order valence-corrected chi connectivity index (χ2v) is 6.73. The summed E-state index contributed by atoms with van der Waals surface area (Å²) < 4.78 is 32.2. The van der Waals surface area contributed by atoms with Gasteiger partial charge in [0.1, 0.15) is 17.2 Å². The first-order valence-electron chi connectivity index (χ1n) is 9.26. The van der Waals surface area contributed by atoms with Gasteiger partial charge in [-0.1, -0.05) is 6.07 Å². The van der Waals surface area contributed by atoms with Crippen LogP contribution in [-0.4, -0.2) is 31.1 Å². The van der Waals surface area contributed by atoms with Crippen molar-refractivity contribution < 1.29 is 23.1 Å². The quantitative estimate of drug-likeness (QED) is 0.782. The molecule has 28 heavy (non-hydrogen) atoms. The lowest BCUT2D eigenvalue weighted by Crippen LogP contribution is -2.31. The van der Waals surface area contributed by atoms with Crippen LogP contribution in [0.25, 0.3) is 0 Å². The minimum atomic E-state index is -1.22. The number of nitrogens with zero attached hydrogens (tertiary/aromatic N) is 1. The summed E-state index contributed by atoms with van der Waals surface area (Å²) in [7, 11) is 0. The lowest BCUT2D eigenvalue weighted by Gasteiger charge is -2.28. The number of piperidine rings is 1. The van der Waals surface area contributed by atoms with Gasteiger partial charge in [-0.05, 0) is 62.6 Å². The maximum Gasteiger partial charge on any atom is 0.344 e. The Kier molecular flexibility index (Phi) is 6.23. The summed E-state index contributed by atoms with van der Waals surface area (Å²) >= 11 is 0. The van der Waals surface area contributed by atoms with Crippen molar-refractivity contribution in [2.75, 3.05) is 23.3 Å². The number of ether oxygens (including phenoxy) is 1. The Morgan fingerprint density at radius 2 is 1.61 bits per heavy atom. The van der Waals surface area contributed by atoms with E-state index >= 15 is 0 Å². The fraction of sp³-hybridized carbons (Fsp3) is 0.333. The molecular formula is C21H22F2N2O3. The van der Waals surface area contributed by atoms with Gasteiger partial charge in [0, 0.05) is 24.5 Å². The molecule has 2 aromatic carbocycles. The van der Waals surface area contributed by atoms with E-state index in [1.54, 1.807) is 12.1 Å². The topological polar surface area (TPSA) is 58.6 Å². The second-order valence-electron chi connectivity index (χ2n) is 6.73. The molecule has 7 heteroatoms. The van der Waals surface area contributed by atoms with Crippen LogP contribution in [0.5, 0.6) is 0 Å². The van der Waals surface area contributed by atoms with Crippen LogP contribution >= 0.6 is 0 Å². The highest BCUT2D eigenvalue weighted by Gasteiger charge is 2.24. The van der Waals surface area contributed by atoms with Gasteiger partial charge in [-0.25, -0.2) is 13.6 Å². The van der Waals surface area contributed by atoms with E-state index in [0.717, 1.165) is 37.0 Å². The molecule has 1 fully saturated rings. The predicted molar refractivity (Wildman–Crippen MR) is 102 cm³/mol. The monoisotopic (exact) mass is 388 g/mol. The molecule has 148 valence electrons.